The van der Waals surface area contributed by atoms with Crippen LogP contribution in [0.2, 0.25) is 0 Å². The third kappa shape index (κ3) is 10.4. The van der Waals surface area contributed by atoms with Crippen LogP contribution in [-0.4, -0.2) is 50.1 Å². The van der Waals surface area contributed by atoms with Crippen molar-refractivity contribution in [1.82, 2.24) is 15.5 Å². The van der Waals surface area contributed by atoms with Gasteiger partial charge in [0, 0.05) is 19.6 Å². The van der Waals surface area contributed by atoms with Crippen molar-refractivity contribution in [3.8, 4) is 0 Å². The van der Waals surface area contributed by atoms with E-state index in [0.717, 1.165) is 18.4 Å². The highest BCUT2D eigenvalue weighted by Gasteiger charge is 2.18. The highest BCUT2D eigenvalue weighted by molar-refractivity contribution is 14.0. The molecule has 2 N–H and O–H groups in total. The maximum atomic E-state index is 4.37. The molecule has 1 rings (SSSR count). The fourth-order valence-corrected chi connectivity index (χ4v) is 3.17. The third-order valence-electron chi connectivity index (χ3n) is 4.65. The van der Waals surface area contributed by atoms with Crippen LogP contribution in [0.25, 0.3) is 0 Å². The van der Waals surface area contributed by atoms with Crippen LogP contribution in [0.3, 0.4) is 0 Å². The van der Waals surface area contributed by atoms with Crippen molar-refractivity contribution in [3.05, 3.63) is 0 Å². The topological polar surface area (TPSA) is 39.7 Å². The van der Waals surface area contributed by atoms with E-state index >= 15 is 0 Å². The predicted molar refractivity (Wildman–Crippen MR) is 113 cm³/mol. The number of hydrogen-bond acceptors (Lipinski definition) is 2. The smallest absolute Gasteiger partial charge is 0.191 e. The second kappa shape index (κ2) is 14.3. The Hall–Kier alpha value is -0.0400. The van der Waals surface area contributed by atoms with Gasteiger partial charge in [-0.05, 0) is 58.2 Å². The summed E-state index contributed by atoms with van der Waals surface area (Å²) in [6.45, 7) is 11.6. The van der Waals surface area contributed by atoms with E-state index in [1.54, 1.807) is 0 Å². The molecule has 5 heteroatoms. The first-order chi connectivity index (χ1) is 10.7. The van der Waals surface area contributed by atoms with Crippen molar-refractivity contribution in [2.75, 3.05) is 33.2 Å². The molecule has 23 heavy (non-hydrogen) atoms. The Labute approximate surface area is 161 Å². The second-order valence-corrected chi connectivity index (χ2v) is 6.78. The molecule has 1 unspecified atom stereocenters. The number of likely N-dealkylation sites (tertiary alicyclic amines) is 1. The summed E-state index contributed by atoms with van der Waals surface area (Å²) in [5.74, 6) is 1.77. The second-order valence-electron chi connectivity index (χ2n) is 6.78. The molecule has 0 aromatic rings. The van der Waals surface area contributed by atoms with Gasteiger partial charge in [0.25, 0.3) is 0 Å². The van der Waals surface area contributed by atoms with Gasteiger partial charge in [0.2, 0.25) is 0 Å². The largest absolute Gasteiger partial charge is 0.356 e. The first kappa shape index (κ1) is 23.0. The quantitative estimate of drug-likeness (QED) is 0.249. The normalized spacial score (nSPS) is 18.3. The lowest BCUT2D eigenvalue weighted by atomic mass is 9.97. The van der Waals surface area contributed by atoms with E-state index in [1.165, 1.54) is 64.6 Å². The molecule has 0 aromatic heterocycles. The zero-order valence-corrected chi connectivity index (χ0v) is 18.1. The molecule has 0 bridgehead atoms. The summed E-state index contributed by atoms with van der Waals surface area (Å²) >= 11 is 0. The Morgan fingerprint density at radius 1 is 1.17 bits per heavy atom. The van der Waals surface area contributed by atoms with Gasteiger partial charge in [-0.2, -0.15) is 0 Å². The molecule has 4 nitrogen and oxygen atoms in total. The zero-order valence-electron chi connectivity index (χ0n) is 15.7. The van der Waals surface area contributed by atoms with Crippen LogP contribution in [0.15, 0.2) is 4.99 Å². The average molecular weight is 438 g/mol. The summed E-state index contributed by atoms with van der Waals surface area (Å²) in [6.07, 6.45) is 9.05. The summed E-state index contributed by atoms with van der Waals surface area (Å²) in [4.78, 5) is 6.97. The fraction of sp³-hybridized carbons (Fsp3) is 0.944. The molecule has 0 aromatic carbocycles. The van der Waals surface area contributed by atoms with E-state index in [2.05, 4.69) is 41.3 Å². The lowest BCUT2D eigenvalue weighted by molar-refractivity contribution is 0.185. The van der Waals surface area contributed by atoms with Gasteiger partial charge < -0.3 is 15.5 Å². The number of rotatable bonds is 9. The van der Waals surface area contributed by atoms with Crippen molar-refractivity contribution < 1.29 is 0 Å². The van der Waals surface area contributed by atoms with Gasteiger partial charge in [-0.3, -0.25) is 4.99 Å². The molecule has 0 saturated carbocycles. The zero-order chi connectivity index (χ0) is 16.2. The average Bonchev–Trinajstić information content (AvgIpc) is 2.53. The van der Waals surface area contributed by atoms with E-state index in [0.29, 0.717) is 6.04 Å². The lowest BCUT2D eigenvalue weighted by Crippen LogP contribution is -2.45. The van der Waals surface area contributed by atoms with Crippen LogP contribution in [0.5, 0.6) is 0 Å². The van der Waals surface area contributed by atoms with Crippen LogP contribution >= 0.6 is 24.0 Å². The molecule has 1 fully saturated rings. The third-order valence-corrected chi connectivity index (χ3v) is 4.65. The molecule has 1 aliphatic heterocycles. The molecule has 0 amide bonds. The van der Waals surface area contributed by atoms with Gasteiger partial charge in [0.1, 0.15) is 0 Å². The first-order valence-electron chi connectivity index (χ1n) is 9.39. The van der Waals surface area contributed by atoms with Crippen LogP contribution in [-0.2, 0) is 0 Å². The Kier molecular flexibility index (Phi) is 14.3. The van der Waals surface area contributed by atoms with Crippen LogP contribution in [0, 0.1) is 5.92 Å². The Balaban J connectivity index is 0.00000484. The van der Waals surface area contributed by atoms with E-state index in [1.807, 2.05) is 7.05 Å². The SMILES string of the molecule is CCCCCC(C)NC(=NC)NCC1CCN(CCC)CC1.I. The number of guanidine groups is 1. The fourth-order valence-electron chi connectivity index (χ4n) is 3.17. The minimum Gasteiger partial charge on any atom is -0.356 e. The van der Waals surface area contributed by atoms with Gasteiger partial charge >= 0.3 is 0 Å². The molecule has 0 aliphatic carbocycles. The number of piperidine rings is 1. The van der Waals surface area contributed by atoms with Crippen molar-refractivity contribution in [3.63, 3.8) is 0 Å². The maximum absolute atomic E-state index is 4.37. The summed E-state index contributed by atoms with van der Waals surface area (Å²) in [5.41, 5.74) is 0. The van der Waals surface area contributed by atoms with Crippen LogP contribution < -0.4 is 10.6 Å². The van der Waals surface area contributed by atoms with E-state index in [9.17, 15) is 0 Å². The number of aliphatic imine (C=N–C) groups is 1. The van der Waals surface area contributed by atoms with E-state index in [-0.39, 0.29) is 24.0 Å². The number of nitrogens with zero attached hydrogens (tertiary/aromatic N) is 2. The van der Waals surface area contributed by atoms with Crippen molar-refractivity contribution >= 4 is 29.9 Å². The Morgan fingerprint density at radius 3 is 2.43 bits per heavy atom. The summed E-state index contributed by atoms with van der Waals surface area (Å²) < 4.78 is 0. The van der Waals surface area contributed by atoms with Gasteiger partial charge in [0.15, 0.2) is 5.96 Å². The Bertz CT molecular complexity index is 301. The number of nitrogens with one attached hydrogen (secondary N) is 2. The molecule has 0 radical (unpaired) electrons. The molecule has 1 saturated heterocycles. The highest BCUT2D eigenvalue weighted by atomic mass is 127. The van der Waals surface area contributed by atoms with Gasteiger partial charge in [0.05, 0.1) is 0 Å². The van der Waals surface area contributed by atoms with Crippen molar-refractivity contribution in [2.24, 2.45) is 10.9 Å². The summed E-state index contributed by atoms with van der Waals surface area (Å²) in [6, 6.07) is 0.504. The standard InChI is InChI=1S/C18H38N4.HI/c1-5-7-8-9-16(3)21-18(19-4)20-15-17-10-13-22(12-6-2)14-11-17;/h16-17H,5-15H2,1-4H3,(H2,19,20,21);1H. The molecule has 1 heterocycles. The number of halogens is 1. The molecule has 1 atom stereocenters. The first-order valence-corrected chi connectivity index (χ1v) is 9.39. The molecule has 0 spiro atoms. The highest BCUT2D eigenvalue weighted by Crippen LogP contribution is 2.16. The molecule has 138 valence electrons. The molecular weight excluding hydrogens is 399 g/mol. The van der Waals surface area contributed by atoms with Crippen LogP contribution in [0.1, 0.15) is 65.7 Å². The predicted octanol–water partition coefficient (Wildman–Crippen LogP) is 3.86. The monoisotopic (exact) mass is 438 g/mol. The van der Waals surface area contributed by atoms with E-state index in [4.69, 9.17) is 0 Å². The lowest BCUT2D eigenvalue weighted by Gasteiger charge is -2.32. The summed E-state index contributed by atoms with van der Waals surface area (Å²) in [7, 11) is 1.87. The van der Waals surface area contributed by atoms with Crippen LogP contribution in [0.4, 0.5) is 0 Å². The van der Waals surface area contributed by atoms with Gasteiger partial charge in [-0.15, -0.1) is 24.0 Å². The number of hydrogen-bond donors (Lipinski definition) is 2. The Morgan fingerprint density at radius 2 is 1.87 bits per heavy atom. The van der Waals surface area contributed by atoms with E-state index < -0.39 is 0 Å². The van der Waals surface area contributed by atoms with Crippen molar-refractivity contribution in [2.45, 2.75) is 71.8 Å². The molecular formula is C18H39IN4. The van der Waals surface area contributed by atoms with Gasteiger partial charge in [-0.25, -0.2) is 0 Å². The van der Waals surface area contributed by atoms with Gasteiger partial charge in [-0.1, -0.05) is 33.1 Å². The maximum Gasteiger partial charge on any atom is 0.191 e. The number of unbranched alkanes of at least 4 members (excludes halogenated alkanes) is 2. The molecule has 1 aliphatic rings. The van der Waals surface area contributed by atoms with Crippen molar-refractivity contribution in [1.29, 1.82) is 0 Å². The summed E-state index contributed by atoms with van der Waals surface area (Å²) in [5, 5.41) is 7.05. The minimum absolute atomic E-state index is 0. The minimum atomic E-state index is 0.